The number of aryl methyl sites for hydroxylation is 2. The molecule has 0 saturated carbocycles. The van der Waals surface area contributed by atoms with Gasteiger partial charge in [-0.2, -0.15) is 0 Å². The molecule has 1 aliphatic rings. The van der Waals surface area contributed by atoms with Crippen LogP contribution in [-0.4, -0.2) is 35.4 Å². The minimum atomic E-state index is 0.350. The summed E-state index contributed by atoms with van der Waals surface area (Å²) in [6, 6.07) is 6.89. The zero-order valence-electron chi connectivity index (χ0n) is 12.5. The van der Waals surface area contributed by atoms with E-state index in [4.69, 9.17) is 9.72 Å². The number of aromatic nitrogens is 2. The van der Waals surface area contributed by atoms with Gasteiger partial charge in [-0.25, -0.2) is 4.98 Å². The molecular formula is C16H23N3O. The fourth-order valence-electron chi connectivity index (χ4n) is 3.15. The van der Waals surface area contributed by atoms with Crippen molar-refractivity contribution in [3.63, 3.8) is 0 Å². The number of nitrogens with one attached hydrogen (secondary N) is 1. The lowest BCUT2D eigenvalue weighted by atomic mass is 10.0. The van der Waals surface area contributed by atoms with Crippen molar-refractivity contribution in [2.45, 2.75) is 39.3 Å². The van der Waals surface area contributed by atoms with Gasteiger partial charge < -0.3 is 14.6 Å². The number of hydrogen-bond donors (Lipinski definition) is 1. The van der Waals surface area contributed by atoms with Crippen molar-refractivity contribution in [3.05, 3.63) is 29.6 Å². The average Bonchev–Trinajstić information content (AvgIpc) is 3.01. The van der Waals surface area contributed by atoms with E-state index in [0.29, 0.717) is 12.0 Å². The van der Waals surface area contributed by atoms with Crippen LogP contribution in [0.4, 0.5) is 0 Å². The molecule has 1 N–H and O–H groups in total. The molecule has 0 bridgehead atoms. The molecule has 0 amide bonds. The number of rotatable bonds is 4. The molecule has 2 unspecified atom stereocenters. The van der Waals surface area contributed by atoms with Crippen molar-refractivity contribution < 1.29 is 4.74 Å². The van der Waals surface area contributed by atoms with Crippen LogP contribution in [0.25, 0.3) is 11.0 Å². The van der Waals surface area contributed by atoms with E-state index < -0.39 is 0 Å². The number of benzene rings is 1. The predicted octanol–water partition coefficient (Wildman–Crippen LogP) is 2.46. The monoisotopic (exact) mass is 273 g/mol. The molecule has 1 fully saturated rings. The number of ether oxygens (including phenoxy) is 1. The van der Waals surface area contributed by atoms with E-state index in [0.717, 1.165) is 37.6 Å². The van der Waals surface area contributed by atoms with Gasteiger partial charge in [0.2, 0.25) is 0 Å². The zero-order chi connectivity index (χ0) is 14.1. The number of likely N-dealkylation sites (N-methyl/N-ethyl adjacent to an activating group) is 1. The highest BCUT2D eigenvalue weighted by atomic mass is 16.5. The molecule has 4 nitrogen and oxygen atoms in total. The molecule has 108 valence electrons. The Labute approximate surface area is 120 Å². The van der Waals surface area contributed by atoms with Gasteiger partial charge in [-0.3, -0.25) is 0 Å². The first-order valence-corrected chi connectivity index (χ1v) is 7.52. The smallest absolute Gasteiger partial charge is 0.116 e. The molecule has 1 aliphatic heterocycles. The van der Waals surface area contributed by atoms with E-state index in [9.17, 15) is 0 Å². The SMILES string of the molecule is CCNC1COCC1c1nc2cc(C)ccc2n1CC. The van der Waals surface area contributed by atoms with Gasteiger partial charge in [0, 0.05) is 12.6 Å². The fraction of sp³-hybridized carbons (Fsp3) is 0.562. The Morgan fingerprint density at radius 1 is 1.35 bits per heavy atom. The van der Waals surface area contributed by atoms with Gasteiger partial charge in [0.05, 0.1) is 30.2 Å². The van der Waals surface area contributed by atoms with Crippen molar-refractivity contribution in [2.75, 3.05) is 19.8 Å². The molecule has 1 aromatic carbocycles. The summed E-state index contributed by atoms with van der Waals surface area (Å²) in [5.41, 5.74) is 3.59. The number of nitrogens with zero attached hydrogens (tertiary/aromatic N) is 2. The van der Waals surface area contributed by atoms with Gasteiger partial charge >= 0.3 is 0 Å². The number of fused-ring (bicyclic) bond motifs is 1. The summed E-state index contributed by atoms with van der Waals surface area (Å²) < 4.78 is 8.01. The van der Waals surface area contributed by atoms with Crippen molar-refractivity contribution in [1.29, 1.82) is 0 Å². The van der Waals surface area contributed by atoms with E-state index in [1.54, 1.807) is 0 Å². The first-order valence-electron chi connectivity index (χ1n) is 7.52. The summed E-state index contributed by atoms with van der Waals surface area (Å²) in [7, 11) is 0. The maximum Gasteiger partial charge on any atom is 0.116 e. The molecule has 0 radical (unpaired) electrons. The van der Waals surface area contributed by atoms with Crippen molar-refractivity contribution in [2.24, 2.45) is 0 Å². The Morgan fingerprint density at radius 2 is 2.20 bits per heavy atom. The summed E-state index contributed by atoms with van der Waals surface area (Å²) in [6.07, 6.45) is 0. The van der Waals surface area contributed by atoms with Crippen LogP contribution >= 0.6 is 0 Å². The maximum atomic E-state index is 5.68. The van der Waals surface area contributed by atoms with Crippen LogP contribution < -0.4 is 5.32 Å². The van der Waals surface area contributed by atoms with Crippen LogP contribution in [-0.2, 0) is 11.3 Å². The summed E-state index contributed by atoms with van der Waals surface area (Å²) in [5, 5.41) is 3.52. The Bertz CT molecular complexity index is 605. The summed E-state index contributed by atoms with van der Waals surface area (Å²) in [5.74, 6) is 1.51. The van der Waals surface area contributed by atoms with Crippen molar-refractivity contribution in [1.82, 2.24) is 14.9 Å². The topological polar surface area (TPSA) is 39.1 Å². The third-order valence-electron chi connectivity index (χ3n) is 4.13. The second kappa shape index (κ2) is 5.54. The first kappa shape index (κ1) is 13.6. The first-order chi connectivity index (χ1) is 9.74. The molecule has 0 spiro atoms. The van der Waals surface area contributed by atoms with Crippen LogP contribution in [0.1, 0.15) is 31.2 Å². The lowest BCUT2D eigenvalue weighted by Gasteiger charge is -2.18. The lowest BCUT2D eigenvalue weighted by molar-refractivity contribution is 0.187. The third-order valence-corrected chi connectivity index (χ3v) is 4.13. The molecule has 2 aromatic rings. The standard InChI is InChI=1S/C16H23N3O/c1-4-17-14-10-20-9-12(14)16-18-13-8-11(3)6-7-15(13)19(16)5-2/h6-8,12,14,17H,4-5,9-10H2,1-3H3. The van der Waals surface area contributed by atoms with Crippen LogP contribution in [0.2, 0.25) is 0 Å². The fourth-order valence-corrected chi connectivity index (χ4v) is 3.15. The van der Waals surface area contributed by atoms with Gasteiger partial charge in [-0.15, -0.1) is 0 Å². The molecule has 20 heavy (non-hydrogen) atoms. The van der Waals surface area contributed by atoms with Gasteiger partial charge in [0.25, 0.3) is 0 Å². The molecular weight excluding hydrogens is 250 g/mol. The van der Waals surface area contributed by atoms with E-state index >= 15 is 0 Å². The van der Waals surface area contributed by atoms with Gasteiger partial charge in [-0.05, 0) is 38.1 Å². The Kier molecular flexibility index (Phi) is 3.76. The third kappa shape index (κ3) is 2.23. The number of imidazole rings is 1. The highest BCUT2D eigenvalue weighted by Gasteiger charge is 2.32. The van der Waals surface area contributed by atoms with Crippen LogP contribution in [0.5, 0.6) is 0 Å². The summed E-state index contributed by atoms with van der Waals surface area (Å²) in [6.45, 7) is 9.90. The largest absolute Gasteiger partial charge is 0.379 e. The van der Waals surface area contributed by atoms with E-state index in [-0.39, 0.29) is 0 Å². The van der Waals surface area contributed by atoms with Gasteiger partial charge in [-0.1, -0.05) is 13.0 Å². The highest BCUT2D eigenvalue weighted by Crippen LogP contribution is 2.29. The number of hydrogen-bond acceptors (Lipinski definition) is 3. The summed E-state index contributed by atoms with van der Waals surface area (Å²) in [4.78, 5) is 4.90. The Balaban J connectivity index is 2.06. The maximum absolute atomic E-state index is 5.68. The Hall–Kier alpha value is -1.39. The normalized spacial score (nSPS) is 22.8. The van der Waals surface area contributed by atoms with E-state index in [2.05, 4.69) is 48.9 Å². The molecule has 1 aromatic heterocycles. The quantitative estimate of drug-likeness (QED) is 0.930. The second-order valence-corrected chi connectivity index (χ2v) is 5.51. The van der Waals surface area contributed by atoms with Crippen LogP contribution in [0, 0.1) is 6.92 Å². The van der Waals surface area contributed by atoms with Crippen LogP contribution in [0.15, 0.2) is 18.2 Å². The summed E-state index contributed by atoms with van der Waals surface area (Å²) >= 11 is 0. The molecule has 0 aliphatic carbocycles. The van der Waals surface area contributed by atoms with E-state index in [1.165, 1.54) is 11.1 Å². The zero-order valence-corrected chi connectivity index (χ0v) is 12.5. The highest BCUT2D eigenvalue weighted by molar-refractivity contribution is 5.77. The average molecular weight is 273 g/mol. The minimum absolute atomic E-state index is 0.350. The molecule has 2 atom stereocenters. The lowest BCUT2D eigenvalue weighted by Crippen LogP contribution is -2.35. The molecule has 3 rings (SSSR count). The van der Waals surface area contributed by atoms with Gasteiger partial charge in [0.1, 0.15) is 5.82 Å². The second-order valence-electron chi connectivity index (χ2n) is 5.51. The van der Waals surface area contributed by atoms with Crippen LogP contribution in [0.3, 0.4) is 0 Å². The molecule has 2 heterocycles. The molecule has 1 saturated heterocycles. The van der Waals surface area contributed by atoms with Crippen molar-refractivity contribution in [3.8, 4) is 0 Å². The predicted molar refractivity (Wildman–Crippen MR) is 81.2 cm³/mol. The minimum Gasteiger partial charge on any atom is -0.379 e. The Morgan fingerprint density at radius 3 is 2.95 bits per heavy atom. The van der Waals surface area contributed by atoms with Crippen molar-refractivity contribution >= 4 is 11.0 Å². The molecule has 4 heteroatoms. The van der Waals surface area contributed by atoms with Gasteiger partial charge in [0.15, 0.2) is 0 Å². The van der Waals surface area contributed by atoms with E-state index in [1.807, 2.05) is 0 Å².